The number of hydrogen-bond donors (Lipinski definition) is 2. The first-order chi connectivity index (χ1) is 10.5. The molecule has 1 amide bonds. The van der Waals surface area contributed by atoms with Crippen LogP contribution in [0.25, 0.3) is 0 Å². The van der Waals surface area contributed by atoms with Gasteiger partial charge >= 0.3 is 0 Å². The Morgan fingerprint density at radius 2 is 2.17 bits per heavy atom. The van der Waals surface area contributed by atoms with E-state index in [4.69, 9.17) is 4.74 Å². The van der Waals surface area contributed by atoms with E-state index in [9.17, 15) is 4.79 Å². The second kappa shape index (κ2) is 9.14. The largest absolute Gasteiger partial charge is 0.492 e. The van der Waals surface area contributed by atoms with Gasteiger partial charge in [0.15, 0.2) is 0 Å². The lowest BCUT2D eigenvalue weighted by molar-refractivity contribution is -0.125. The third-order valence-electron chi connectivity index (χ3n) is 4.04. The van der Waals surface area contributed by atoms with Crippen molar-refractivity contribution in [3.8, 4) is 5.75 Å². The van der Waals surface area contributed by atoms with Gasteiger partial charge < -0.3 is 15.4 Å². The molecule has 1 aliphatic rings. The molecule has 1 fully saturated rings. The van der Waals surface area contributed by atoms with E-state index in [1.54, 1.807) is 0 Å². The standard InChI is InChI=1S/C18H28N2O2.ClH/c1-18(2,3)15-7-4-8-16(12-15)22-11-10-20-17(21)14-6-5-9-19-13-14;/h4,7-8,12,14,19H,5-6,9-11,13H2,1-3H3,(H,20,21);1H. The van der Waals surface area contributed by atoms with Crippen molar-refractivity contribution in [2.45, 2.75) is 39.0 Å². The highest BCUT2D eigenvalue weighted by molar-refractivity contribution is 5.85. The fraction of sp³-hybridized carbons (Fsp3) is 0.611. The van der Waals surface area contributed by atoms with Crippen molar-refractivity contribution in [1.82, 2.24) is 10.6 Å². The maximum absolute atomic E-state index is 12.0. The Hall–Kier alpha value is -1.26. The van der Waals surface area contributed by atoms with E-state index in [-0.39, 0.29) is 29.6 Å². The lowest BCUT2D eigenvalue weighted by Gasteiger charge is -2.22. The third kappa shape index (κ3) is 6.40. The second-order valence-corrected chi connectivity index (χ2v) is 6.96. The van der Waals surface area contributed by atoms with E-state index in [0.29, 0.717) is 13.2 Å². The normalized spacial score (nSPS) is 18.0. The van der Waals surface area contributed by atoms with Crippen LogP contribution in [0.1, 0.15) is 39.2 Å². The van der Waals surface area contributed by atoms with Crippen LogP contribution >= 0.6 is 12.4 Å². The molecule has 1 aromatic carbocycles. The summed E-state index contributed by atoms with van der Waals surface area (Å²) in [6.07, 6.45) is 2.06. The molecule has 0 radical (unpaired) electrons. The van der Waals surface area contributed by atoms with Crippen LogP contribution in [0.2, 0.25) is 0 Å². The van der Waals surface area contributed by atoms with Gasteiger partial charge in [-0.25, -0.2) is 0 Å². The first kappa shape index (κ1) is 19.8. The first-order valence-electron chi connectivity index (χ1n) is 8.18. The molecule has 1 unspecified atom stereocenters. The van der Waals surface area contributed by atoms with Crippen molar-refractivity contribution in [3.63, 3.8) is 0 Å². The molecule has 2 rings (SSSR count). The monoisotopic (exact) mass is 340 g/mol. The van der Waals surface area contributed by atoms with Crippen molar-refractivity contribution in [2.75, 3.05) is 26.2 Å². The maximum atomic E-state index is 12.0. The molecule has 1 atom stereocenters. The smallest absolute Gasteiger partial charge is 0.224 e. The SMILES string of the molecule is CC(C)(C)c1cccc(OCCNC(=O)C2CCCNC2)c1.Cl. The molecule has 0 bridgehead atoms. The average molecular weight is 341 g/mol. The number of amides is 1. The third-order valence-corrected chi connectivity index (χ3v) is 4.04. The molecule has 1 heterocycles. The summed E-state index contributed by atoms with van der Waals surface area (Å²) in [7, 11) is 0. The van der Waals surface area contributed by atoms with E-state index in [2.05, 4.69) is 43.5 Å². The molecule has 1 aromatic rings. The highest BCUT2D eigenvalue weighted by Gasteiger charge is 2.20. The van der Waals surface area contributed by atoms with Gasteiger partial charge in [0.25, 0.3) is 0 Å². The molecular weight excluding hydrogens is 312 g/mol. The molecule has 0 aliphatic carbocycles. The molecule has 130 valence electrons. The fourth-order valence-electron chi connectivity index (χ4n) is 2.62. The lowest BCUT2D eigenvalue weighted by atomic mass is 9.87. The summed E-state index contributed by atoms with van der Waals surface area (Å²) in [5.41, 5.74) is 1.36. The van der Waals surface area contributed by atoms with E-state index in [1.165, 1.54) is 5.56 Å². The summed E-state index contributed by atoms with van der Waals surface area (Å²) < 4.78 is 5.75. The van der Waals surface area contributed by atoms with Gasteiger partial charge in [-0.2, -0.15) is 0 Å². The Kier molecular flexibility index (Phi) is 7.86. The van der Waals surface area contributed by atoms with E-state index in [0.717, 1.165) is 31.7 Å². The summed E-state index contributed by atoms with van der Waals surface area (Å²) in [5.74, 6) is 1.11. The van der Waals surface area contributed by atoms with E-state index >= 15 is 0 Å². The quantitative estimate of drug-likeness (QED) is 0.810. The number of hydrogen-bond acceptors (Lipinski definition) is 3. The zero-order chi connectivity index (χ0) is 16.0. The summed E-state index contributed by atoms with van der Waals surface area (Å²) in [6.45, 7) is 9.42. The van der Waals surface area contributed by atoms with Crippen LogP contribution < -0.4 is 15.4 Å². The number of benzene rings is 1. The molecule has 0 aromatic heterocycles. The Labute approximate surface area is 145 Å². The summed E-state index contributed by atoms with van der Waals surface area (Å²) in [5, 5.41) is 6.22. The topological polar surface area (TPSA) is 50.4 Å². The number of carbonyl (C=O) groups is 1. The molecular formula is C18H29ClN2O2. The molecule has 4 nitrogen and oxygen atoms in total. The molecule has 1 aliphatic heterocycles. The summed E-state index contributed by atoms with van der Waals surface area (Å²) >= 11 is 0. The number of halogens is 1. The summed E-state index contributed by atoms with van der Waals surface area (Å²) in [6, 6.07) is 8.17. The maximum Gasteiger partial charge on any atom is 0.224 e. The minimum atomic E-state index is 0. The Morgan fingerprint density at radius 3 is 2.83 bits per heavy atom. The summed E-state index contributed by atoms with van der Waals surface area (Å²) in [4.78, 5) is 12.0. The highest BCUT2D eigenvalue weighted by atomic mass is 35.5. The van der Waals surface area contributed by atoms with Gasteiger partial charge in [0, 0.05) is 6.54 Å². The van der Waals surface area contributed by atoms with Gasteiger partial charge in [-0.3, -0.25) is 4.79 Å². The predicted octanol–water partition coefficient (Wildman–Crippen LogP) is 2.90. The van der Waals surface area contributed by atoms with Gasteiger partial charge in [-0.1, -0.05) is 32.9 Å². The van der Waals surface area contributed by atoms with Crippen molar-refractivity contribution in [2.24, 2.45) is 5.92 Å². The molecule has 5 heteroatoms. The zero-order valence-electron chi connectivity index (χ0n) is 14.4. The van der Waals surface area contributed by atoms with Crippen LogP contribution in [0.15, 0.2) is 24.3 Å². The fourth-order valence-corrected chi connectivity index (χ4v) is 2.62. The second-order valence-electron chi connectivity index (χ2n) is 6.96. The number of nitrogens with one attached hydrogen (secondary N) is 2. The Balaban J connectivity index is 0.00000264. The number of piperidine rings is 1. The molecule has 23 heavy (non-hydrogen) atoms. The van der Waals surface area contributed by atoms with Gasteiger partial charge in [-0.05, 0) is 42.5 Å². The average Bonchev–Trinajstić information content (AvgIpc) is 2.52. The van der Waals surface area contributed by atoms with E-state index in [1.807, 2.05) is 12.1 Å². The van der Waals surface area contributed by atoms with Crippen LogP contribution in [0.3, 0.4) is 0 Å². The number of carbonyl (C=O) groups excluding carboxylic acids is 1. The minimum absolute atomic E-state index is 0. The zero-order valence-corrected chi connectivity index (χ0v) is 15.2. The van der Waals surface area contributed by atoms with Crippen LogP contribution in [0.5, 0.6) is 5.75 Å². The van der Waals surface area contributed by atoms with Crippen molar-refractivity contribution in [3.05, 3.63) is 29.8 Å². The van der Waals surface area contributed by atoms with Gasteiger partial charge in [-0.15, -0.1) is 12.4 Å². The molecule has 0 spiro atoms. The Bertz CT molecular complexity index is 494. The van der Waals surface area contributed by atoms with E-state index < -0.39 is 0 Å². The van der Waals surface area contributed by atoms with Crippen LogP contribution in [-0.2, 0) is 10.2 Å². The molecule has 0 saturated carbocycles. The van der Waals surface area contributed by atoms with Gasteiger partial charge in [0.1, 0.15) is 12.4 Å². The van der Waals surface area contributed by atoms with Gasteiger partial charge in [0.2, 0.25) is 5.91 Å². The first-order valence-corrected chi connectivity index (χ1v) is 8.18. The Morgan fingerprint density at radius 1 is 1.39 bits per heavy atom. The molecule has 1 saturated heterocycles. The van der Waals surface area contributed by atoms with Crippen molar-refractivity contribution >= 4 is 18.3 Å². The minimum Gasteiger partial charge on any atom is -0.492 e. The van der Waals surface area contributed by atoms with Crippen molar-refractivity contribution < 1.29 is 9.53 Å². The lowest BCUT2D eigenvalue weighted by Crippen LogP contribution is -2.41. The number of ether oxygens (including phenoxy) is 1. The molecule has 2 N–H and O–H groups in total. The van der Waals surface area contributed by atoms with Crippen LogP contribution in [0.4, 0.5) is 0 Å². The predicted molar refractivity (Wildman–Crippen MR) is 96.5 cm³/mol. The van der Waals surface area contributed by atoms with Gasteiger partial charge in [0.05, 0.1) is 12.5 Å². The number of rotatable bonds is 5. The van der Waals surface area contributed by atoms with Crippen LogP contribution in [0, 0.1) is 5.92 Å². The van der Waals surface area contributed by atoms with Crippen molar-refractivity contribution in [1.29, 1.82) is 0 Å². The highest BCUT2D eigenvalue weighted by Crippen LogP contribution is 2.25. The van der Waals surface area contributed by atoms with Crippen LogP contribution in [-0.4, -0.2) is 32.1 Å².